The summed E-state index contributed by atoms with van der Waals surface area (Å²) in [6.07, 6.45) is 0.428. The van der Waals surface area contributed by atoms with Gasteiger partial charge in [-0.3, -0.25) is 14.2 Å². The average molecular weight is 208 g/mol. The van der Waals surface area contributed by atoms with Crippen LogP contribution in [0.15, 0.2) is 0 Å². The van der Waals surface area contributed by atoms with Crippen LogP contribution in [0.3, 0.4) is 0 Å². The van der Waals surface area contributed by atoms with Gasteiger partial charge in [0.15, 0.2) is 0 Å². The Morgan fingerprint density at radius 2 is 1.92 bits per heavy atom. The molecule has 0 bridgehead atoms. The van der Waals surface area contributed by atoms with Gasteiger partial charge < -0.3 is 9.42 Å². The topological polar surface area (TPSA) is 80.7 Å². The van der Waals surface area contributed by atoms with E-state index in [0.717, 1.165) is 0 Å². The van der Waals surface area contributed by atoms with E-state index in [-0.39, 0.29) is 13.0 Å². The second-order valence-corrected chi connectivity index (χ2v) is 4.14. The van der Waals surface area contributed by atoms with E-state index in [1.807, 2.05) is 0 Å². The molecule has 0 rings (SSSR count). The number of carbonyl (C=O) groups excluding carboxylic acids is 2. The Bertz CT molecular complexity index is 247. The second kappa shape index (κ2) is 5.27. The summed E-state index contributed by atoms with van der Waals surface area (Å²) in [6, 6.07) is 0. The highest BCUT2D eigenvalue weighted by Gasteiger charge is 2.34. The summed E-state index contributed by atoms with van der Waals surface area (Å²) in [5.41, 5.74) is -1.32. The molecule has 1 unspecified atom stereocenters. The summed E-state index contributed by atoms with van der Waals surface area (Å²) in [5.74, 6) is -0.873. The van der Waals surface area contributed by atoms with Gasteiger partial charge in [0.25, 0.3) is 0 Å². The smallest absolute Gasteiger partial charge is 0.319 e. The highest BCUT2D eigenvalue weighted by atomic mass is 31.2. The van der Waals surface area contributed by atoms with Crippen molar-refractivity contribution in [2.24, 2.45) is 0 Å². The minimum absolute atomic E-state index is 0.00346. The van der Waals surface area contributed by atoms with Gasteiger partial charge in [-0.1, -0.05) is 13.8 Å². The van der Waals surface area contributed by atoms with E-state index >= 15 is 0 Å². The molecule has 1 N–H and O–H groups in total. The summed E-state index contributed by atoms with van der Waals surface area (Å²) in [4.78, 5) is 30.7. The molecular weight excluding hydrogens is 195 g/mol. The van der Waals surface area contributed by atoms with Crippen LogP contribution in [-0.4, -0.2) is 22.8 Å². The predicted molar refractivity (Wildman–Crippen MR) is 46.4 cm³/mol. The van der Waals surface area contributed by atoms with Crippen LogP contribution in [0.2, 0.25) is 0 Å². The van der Waals surface area contributed by atoms with Crippen molar-refractivity contribution in [1.29, 1.82) is 0 Å². The summed E-state index contributed by atoms with van der Waals surface area (Å²) in [7, 11) is -4.36. The van der Waals surface area contributed by atoms with Crippen molar-refractivity contribution in [2.45, 2.75) is 26.7 Å². The molecule has 0 spiro atoms. The molecule has 5 nitrogen and oxygen atoms in total. The van der Waals surface area contributed by atoms with Crippen molar-refractivity contribution in [3.8, 4) is 0 Å². The van der Waals surface area contributed by atoms with Gasteiger partial charge in [-0.2, -0.15) is 0 Å². The molecule has 0 aliphatic heterocycles. The van der Waals surface area contributed by atoms with Crippen molar-refractivity contribution < 1.29 is 23.6 Å². The molecule has 1 atom stereocenters. The third-order valence-corrected chi connectivity index (χ3v) is 2.58. The van der Waals surface area contributed by atoms with E-state index in [0.29, 0.717) is 6.42 Å². The molecule has 0 aromatic rings. The fourth-order valence-corrected chi connectivity index (χ4v) is 1.60. The molecule has 0 aromatic carbocycles. The molecule has 0 amide bonds. The standard InChI is InChI=1S/C7H13O5P/c1-3-5-12-13(10,11)7(9)6(8)4-2/h3-5H2,1-2H3,(H,10,11). The van der Waals surface area contributed by atoms with E-state index in [1.54, 1.807) is 6.92 Å². The van der Waals surface area contributed by atoms with E-state index in [4.69, 9.17) is 4.89 Å². The van der Waals surface area contributed by atoms with Gasteiger partial charge in [-0.25, -0.2) is 0 Å². The van der Waals surface area contributed by atoms with Crippen LogP contribution in [0.1, 0.15) is 26.7 Å². The van der Waals surface area contributed by atoms with Gasteiger partial charge in [0.1, 0.15) is 0 Å². The number of rotatable bonds is 6. The van der Waals surface area contributed by atoms with Crippen LogP contribution in [0, 0.1) is 0 Å². The van der Waals surface area contributed by atoms with E-state index in [9.17, 15) is 14.2 Å². The molecule has 0 aromatic heterocycles. The molecule has 13 heavy (non-hydrogen) atoms. The Morgan fingerprint density at radius 3 is 2.31 bits per heavy atom. The van der Waals surface area contributed by atoms with Crippen LogP contribution in [0.25, 0.3) is 0 Å². The third-order valence-electron chi connectivity index (χ3n) is 1.29. The van der Waals surface area contributed by atoms with Crippen molar-refractivity contribution >= 4 is 18.9 Å². The van der Waals surface area contributed by atoms with Gasteiger partial charge in [0.2, 0.25) is 5.78 Å². The fraction of sp³-hybridized carbons (Fsp3) is 0.714. The van der Waals surface area contributed by atoms with Gasteiger partial charge >= 0.3 is 13.1 Å². The van der Waals surface area contributed by atoms with Gasteiger partial charge in [-0.15, -0.1) is 0 Å². The molecule has 0 heterocycles. The number of hydrogen-bond acceptors (Lipinski definition) is 4. The highest BCUT2D eigenvalue weighted by Crippen LogP contribution is 2.43. The first-order valence-corrected chi connectivity index (χ1v) is 5.58. The zero-order valence-electron chi connectivity index (χ0n) is 7.65. The first-order valence-electron chi connectivity index (χ1n) is 4.00. The van der Waals surface area contributed by atoms with Crippen LogP contribution in [0.5, 0.6) is 0 Å². The van der Waals surface area contributed by atoms with Crippen LogP contribution < -0.4 is 0 Å². The fourth-order valence-electron chi connectivity index (χ4n) is 0.582. The maximum Gasteiger partial charge on any atom is 0.402 e. The number of Topliss-reactive ketones (excluding diaryl/α,β-unsaturated/α-hetero) is 1. The Kier molecular flexibility index (Phi) is 5.06. The highest BCUT2D eigenvalue weighted by molar-refractivity contribution is 7.74. The normalized spacial score (nSPS) is 15.0. The molecule has 0 saturated carbocycles. The summed E-state index contributed by atoms with van der Waals surface area (Å²) in [6.45, 7) is 3.17. The minimum atomic E-state index is -4.36. The quantitative estimate of drug-likeness (QED) is 0.522. The molecular formula is C7H13O5P. The lowest BCUT2D eigenvalue weighted by atomic mass is 10.3. The largest absolute Gasteiger partial charge is 0.402 e. The van der Waals surface area contributed by atoms with E-state index in [1.165, 1.54) is 6.92 Å². The lowest BCUT2D eigenvalue weighted by Gasteiger charge is -2.07. The summed E-state index contributed by atoms with van der Waals surface area (Å²) in [5, 5.41) is 0. The van der Waals surface area contributed by atoms with Crippen molar-refractivity contribution in [3.63, 3.8) is 0 Å². The van der Waals surface area contributed by atoms with Gasteiger partial charge in [0.05, 0.1) is 6.61 Å². The lowest BCUT2D eigenvalue weighted by molar-refractivity contribution is -0.132. The predicted octanol–water partition coefficient (Wildman–Crippen LogP) is 1.10. The van der Waals surface area contributed by atoms with Crippen LogP contribution in [0.4, 0.5) is 0 Å². The third kappa shape index (κ3) is 3.81. The first kappa shape index (κ1) is 12.5. The minimum Gasteiger partial charge on any atom is -0.319 e. The van der Waals surface area contributed by atoms with E-state index in [2.05, 4.69) is 4.52 Å². The summed E-state index contributed by atoms with van der Waals surface area (Å²) >= 11 is 0. The number of ketones is 1. The van der Waals surface area contributed by atoms with Crippen LogP contribution in [-0.2, 0) is 18.7 Å². The molecule has 0 aliphatic carbocycles. The molecule has 0 radical (unpaired) electrons. The summed E-state index contributed by atoms with van der Waals surface area (Å²) < 4.78 is 15.4. The molecule has 0 fully saturated rings. The zero-order valence-corrected chi connectivity index (χ0v) is 8.54. The molecule has 0 saturated heterocycles. The second-order valence-electron chi connectivity index (χ2n) is 2.44. The monoisotopic (exact) mass is 208 g/mol. The SMILES string of the molecule is CCCOP(=O)(O)C(=O)C(=O)CC. The average Bonchev–Trinajstić information content (AvgIpc) is 2.12. The van der Waals surface area contributed by atoms with Crippen molar-refractivity contribution in [1.82, 2.24) is 0 Å². The lowest BCUT2D eigenvalue weighted by Crippen LogP contribution is -2.14. The van der Waals surface area contributed by atoms with E-state index < -0.39 is 18.9 Å². The Labute approximate surface area is 76.6 Å². The van der Waals surface area contributed by atoms with Gasteiger partial charge in [-0.05, 0) is 6.42 Å². The van der Waals surface area contributed by atoms with Crippen LogP contribution >= 0.6 is 7.60 Å². The number of carbonyl (C=O) groups is 2. The molecule has 76 valence electrons. The maximum atomic E-state index is 11.0. The van der Waals surface area contributed by atoms with Gasteiger partial charge in [0, 0.05) is 6.42 Å². The Balaban J connectivity index is 4.36. The molecule has 6 heteroatoms. The first-order chi connectivity index (χ1) is 5.95. The Morgan fingerprint density at radius 1 is 1.38 bits per heavy atom. The zero-order chi connectivity index (χ0) is 10.5. The number of hydrogen-bond donors (Lipinski definition) is 1. The maximum absolute atomic E-state index is 11.0. The molecule has 0 aliphatic rings. The Hall–Kier alpha value is -0.510. The van der Waals surface area contributed by atoms with Crippen molar-refractivity contribution in [3.05, 3.63) is 0 Å². The van der Waals surface area contributed by atoms with Crippen molar-refractivity contribution in [2.75, 3.05) is 6.61 Å².